The van der Waals surface area contributed by atoms with E-state index in [1.54, 1.807) is 6.20 Å². The summed E-state index contributed by atoms with van der Waals surface area (Å²) in [7, 11) is 0. The number of aliphatic hydroxyl groups is 1. The van der Waals surface area contributed by atoms with Gasteiger partial charge in [-0.25, -0.2) is 4.68 Å². The average molecular weight is 330 g/mol. The molecule has 1 aliphatic rings. The van der Waals surface area contributed by atoms with E-state index in [1.165, 1.54) is 17.5 Å². The SMILES string of the molecule is CCC(CC1CC1)Nc1cnn(CCO)c(=O)c1Br. The van der Waals surface area contributed by atoms with Gasteiger partial charge in [0, 0.05) is 6.04 Å². The van der Waals surface area contributed by atoms with Gasteiger partial charge < -0.3 is 10.4 Å². The van der Waals surface area contributed by atoms with Gasteiger partial charge >= 0.3 is 0 Å². The monoisotopic (exact) mass is 329 g/mol. The summed E-state index contributed by atoms with van der Waals surface area (Å²) in [6.45, 7) is 2.27. The Bertz CT molecular complexity index is 485. The van der Waals surface area contributed by atoms with Crippen LogP contribution < -0.4 is 10.9 Å². The first-order chi connectivity index (χ1) is 9.15. The molecular weight excluding hydrogens is 310 g/mol. The van der Waals surface area contributed by atoms with Crippen LogP contribution in [0.5, 0.6) is 0 Å². The van der Waals surface area contributed by atoms with Crippen molar-refractivity contribution in [2.75, 3.05) is 11.9 Å². The molecule has 5 nitrogen and oxygen atoms in total. The third kappa shape index (κ3) is 3.79. The zero-order valence-corrected chi connectivity index (χ0v) is 12.7. The molecule has 0 spiro atoms. The van der Waals surface area contributed by atoms with Gasteiger partial charge in [0.15, 0.2) is 0 Å². The van der Waals surface area contributed by atoms with Gasteiger partial charge in [0.05, 0.1) is 25.0 Å². The summed E-state index contributed by atoms with van der Waals surface area (Å²) in [5.74, 6) is 0.846. The molecule has 1 aromatic heterocycles. The first-order valence-corrected chi connectivity index (χ1v) is 7.58. The van der Waals surface area contributed by atoms with Gasteiger partial charge in [-0.3, -0.25) is 4.79 Å². The maximum absolute atomic E-state index is 12.0. The van der Waals surface area contributed by atoms with Crippen LogP contribution in [-0.2, 0) is 6.54 Å². The summed E-state index contributed by atoms with van der Waals surface area (Å²) in [5, 5.41) is 16.3. The summed E-state index contributed by atoms with van der Waals surface area (Å²) in [5.41, 5.74) is 0.534. The largest absolute Gasteiger partial charge is 0.394 e. The highest BCUT2D eigenvalue weighted by atomic mass is 79.9. The molecule has 0 radical (unpaired) electrons. The number of rotatable bonds is 7. The van der Waals surface area contributed by atoms with Crippen LogP contribution in [0.3, 0.4) is 0 Å². The second-order valence-electron chi connectivity index (χ2n) is 5.05. The lowest BCUT2D eigenvalue weighted by molar-refractivity contribution is 0.266. The Labute approximate surface area is 121 Å². The summed E-state index contributed by atoms with van der Waals surface area (Å²) in [6.07, 6.45) is 6.49. The number of hydrogen-bond acceptors (Lipinski definition) is 4. The van der Waals surface area contributed by atoms with E-state index in [-0.39, 0.29) is 18.7 Å². The number of anilines is 1. The Morgan fingerprint density at radius 3 is 2.95 bits per heavy atom. The van der Waals surface area contributed by atoms with Crippen LogP contribution in [0.4, 0.5) is 5.69 Å². The van der Waals surface area contributed by atoms with Gasteiger partial charge in [-0.1, -0.05) is 19.8 Å². The molecule has 1 aliphatic carbocycles. The molecule has 0 aromatic carbocycles. The van der Waals surface area contributed by atoms with Crippen molar-refractivity contribution < 1.29 is 5.11 Å². The van der Waals surface area contributed by atoms with Crippen molar-refractivity contribution in [2.45, 2.75) is 45.2 Å². The Morgan fingerprint density at radius 1 is 1.63 bits per heavy atom. The Morgan fingerprint density at radius 2 is 2.37 bits per heavy atom. The van der Waals surface area contributed by atoms with Crippen LogP contribution in [-0.4, -0.2) is 27.5 Å². The first kappa shape index (κ1) is 14.5. The normalized spacial score (nSPS) is 16.4. The van der Waals surface area contributed by atoms with Crippen molar-refractivity contribution in [1.82, 2.24) is 9.78 Å². The van der Waals surface area contributed by atoms with E-state index in [2.05, 4.69) is 33.3 Å². The Kier molecular flexibility index (Phi) is 4.99. The highest BCUT2D eigenvalue weighted by Gasteiger charge is 2.25. The topological polar surface area (TPSA) is 67.2 Å². The van der Waals surface area contributed by atoms with Crippen molar-refractivity contribution in [3.63, 3.8) is 0 Å². The van der Waals surface area contributed by atoms with Crippen molar-refractivity contribution in [2.24, 2.45) is 5.92 Å². The molecule has 0 amide bonds. The molecule has 1 atom stereocenters. The van der Waals surface area contributed by atoms with Crippen molar-refractivity contribution in [3.05, 3.63) is 21.0 Å². The minimum absolute atomic E-state index is 0.0919. The highest BCUT2D eigenvalue weighted by Crippen LogP contribution is 2.35. The van der Waals surface area contributed by atoms with E-state index in [9.17, 15) is 4.79 Å². The summed E-state index contributed by atoms with van der Waals surface area (Å²) in [6, 6.07) is 0.388. The van der Waals surface area contributed by atoms with Crippen LogP contribution in [0, 0.1) is 5.92 Å². The second-order valence-corrected chi connectivity index (χ2v) is 5.85. The van der Waals surface area contributed by atoms with Gasteiger partial charge in [0.25, 0.3) is 5.56 Å². The number of aromatic nitrogens is 2. The zero-order valence-electron chi connectivity index (χ0n) is 11.1. The third-order valence-electron chi connectivity index (χ3n) is 3.46. The van der Waals surface area contributed by atoms with E-state index in [0.29, 0.717) is 10.5 Å². The van der Waals surface area contributed by atoms with Crippen molar-refractivity contribution in [3.8, 4) is 0 Å². The Hall–Kier alpha value is -0.880. The molecule has 106 valence electrons. The number of nitrogens with zero attached hydrogens (tertiary/aromatic N) is 2. The molecule has 1 saturated carbocycles. The molecule has 19 heavy (non-hydrogen) atoms. The van der Waals surface area contributed by atoms with Crippen LogP contribution in [0.1, 0.15) is 32.6 Å². The molecule has 0 aliphatic heterocycles. The predicted molar refractivity (Wildman–Crippen MR) is 78.3 cm³/mol. The molecule has 1 aromatic rings. The van der Waals surface area contributed by atoms with Crippen LogP contribution in [0.15, 0.2) is 15.5 Å². The van der Waals surface area contributed by atoms with Gasteiger partial charge in [-0.2, -0.15) is 5.10 Å². The lowest BCUT2D eigenvalue weighted by Crippen LogP contribution is -2.28. The van der Waals surface area contributed by atoms with Crippen molar-refractivity contribution in [1.29, 1.82) is 0 Å². The molecule has 0 bridgehead atoms. The van der Waals surface area contributed by atoms with E-state index in [4.69, 9.17) is 5.11 Å². The fourth-order valence-electron chi connectivity index (χ4n) is 2.12. The van der Waals surface area contributed by atoms with E-state index >= 15 is 0 Å². The maximum atomic E-state index is 12.0. The molecule has 0 saturated heterocycles. The number of hydrogen-bond donors (Lipinski definition) is 2. The molecule has 2 N–H and O–H groups in total. The first-order valence-electron chi connectivity index (χ1n) is 6.78. The van der Waals surface area contributed by atoms with Crippen LogP contribution in [0.25, 0.3) is 0 Å². The zero-order chi connectivity index (χ0) is 13.8. The Balaban J connectivity index is 2.10. The lowest BCUT2D eigenvalue weighted by Gasteiger charge is -2.19. The molecule has 6 heteroatoms. The molecular formula is C13H20BrN3O2. The molecule has 1 heterocycles. The lowest BCUT2D eigenvalue weighted by atomic mass is 10.1. The predicted octanol–water partition coefficient (Wildman–Crippen LogP) is 1.99. The van der Waals surface area contributed by atoms with E-state index in [1.807, 2.05) is 0 Å². The number of aliphatic hydroxyl groups excluding tert-OH is 1. The minimum Gasteiger partial charge on any atom is -0.394 e. The van der Waals surface area contributed by atoms with Gasteiger partial charge in [-0.05, 0) is 34.7 Å². The van der Waals surface area contributed by atoms with E-state index < -0.39 is 0 Å². The van der Waals surface area contributed by atoms with Gasteiger partial charge in [-0.15, -0.1) is 0 Å². The third-order valence-corrected chi connectivity index (χ3v) is 4.23. The fraction of sp³-hybridized carbons (Fsp3) is 0.692. The van der Waals surface area contributed by atoms with Crippen LogP contribution >= 0.6 is 15.9 Å². The average Bonchev–Trinajstić information content (AvgIpc) is 3.21. The molecule has 2 rings (SSSR count). The summed E-state index contributed by atoms with van der Waals surface area (Å²) in [4.78, 5) is 12.0. The second kappa shape index (κ2) is 6.52. The maximum Gasteiger partial charge on any atom is 0.283 e. The quantitative estimate of drug-likeness (QED) is 0.802. The van der Waals surface area contributed by atoms with Gasteiger partial charge in [0.1, 0.15) is 4.47 Å². The fourth-order valence-corrected chi connectivity index (χ4v) is 2.54. The van der Waals surface area contributed by atoms with E-state index in [0.717, 1.165) is 24.4 Å². The summed E-state index contributed by atoms with van der Waals surface area (Å²) >= 11 is 3.32. The minimum atomic E-state index is -0.208. The summed E-state index contributed by atoms with van der Waals surface area (Å²) < 4.78 is 1.75. The van der Waals surface area contributed by atoms with Crippen LogP contribution in [0.2, 0.25) is 0 Å². The van der Waals surface area contributed by atoms with Gasteiger partial charge in [0.2, 0.25) is 0 Å². The number of halogens is 1. The van der Waals surface area contributed by atoms with Crippen molar-refractivity contribution >= 4 is 21.6 Å². The smallest absolute Gasteiger partial charge is 0.283 e. The highest BCUT2D eigenvalue weighted by molar-refractivity contribution is 9.10. The number of nitrogens with one attached hydrogen (secondary N) is 1. The standard InChI is InChI=1S/C13H20BrN3O2/c1-2-10(7-9-3-4-9)16-11-8-15-17(5-6-18)13(19)12(11)14/h8-10,16,18H,2-7H2,1H3. The molecule has 1 fully saturated rings. The molecule has 1 unspecified atom stereocenters.